The van der Waals surface area contributed by atoms with E-state index < -0.39 is 11.4 Å². The molecule has 10 heteroatoms. The molecule has 2 aliphatic carbocycles. The van der Waals surface area contributed by atoms with Gasteiger partial charge in [-0.2, -0.15) is 5.10 Å². The van der Waals surface area contributed by atoms with Crippen LogP contribution >= 0.6 is 23.4 Å². The maximum atomic E-state index is 13.3. The monoisotopic (exact) mass is 496 g/mol. The van der Waals surface area contributed by atoms with Gasteiger partial charge >= 0.3 is 5.97 Å². The summed E-state index contributed by atoms with van der Waals surface area (Å²) >= 11 is 7.49. The van der Waals surface area contributed by atoms with Crippen LogP contribution in [0.15, 0.2) is 35.6 Å². The zero-order valence-electron chi connectivity index (χ0n) is 18.2. The highest BCUT2D eigenvalue weighted by Gasteiger charge is 2.52. The first-order valence-corrected chi connectivity index (χ1v) is 12.1. The van der Waals surface area contributed by atoms with Crippen molar-refractivity contribution in [2.45, 2.75) is 36.5 Å². The second-order valence-electron chi connectivity index (χ2n) is 8.42. The summed E-state index contributed by atoms with van der Waals surface area (Å²) in [4.78, 5) is 29.3. The van der Waals surface area contributed by atoms with Crippen molar-refractivity contribution < 1.29 is 19.4 Å². The number of nitrogens with zero attached hydrogens (tertiary/aromatic N) is 2. The van der Waals surface area contributed by atoms with Crippen LogP contribution in [0, 0.1) is 17.8 Å². The normalized spacial score (nSPS) is 19.8. The van der Waals surface area contributed by atoms with Crippen LogP contribution in [0.3, 0.4) is 0 Å². The molecule has 0 spiro atoms. The predicted octanol–water partition coefficient (Wildman–Crippen LogP) is 3.60. The number of benzene rings is 1. The Morgan fingerprint density at radius 2 is 2.06 bits per heavy atom. The molecule has 0 radical (unpaired) electrons. The zero-order valence-corrected chi connectivity index (χ0v) is 19.8. The van der Waals surface area contributed by atoms with Crippen molar-refractivity contribution in [3.8, 4) is 28.7 Å². The van der Waals surface area contributed by atoms with E-state index in [1.54, 1.807) is 24.3 Å². The average Bonchev–Trinajstić information content (AvgIpc) is 3.76. The van der Waals surface area contributed by atoms with E-state index in [1.165, 1.54) is 25.1 Å². The number of amides is 1. The van der Waals surface area contributed by atoms with Gasteiger partial charge in [-0.15, -0.1) is 0 Å². The van der Waals surface area contributed by atoms with Gasteiger partial charge < -0.3 is 9.84 Å². The van der Waals surface area contributed by atoms with Crippen LogP contribution in [-0.4, -0.2) is 39.6 Å². The minimum atomic E-state index is -0.934. The lowest BCUT2D eigenvalue weighted by Gasteiger charge is -2.17. The molecule has 0 saturated heterocycles. The third kappa shape index (κ3) is 4.43. The predicted molar refractivity (Wildman–Crippen MR) is 130 cm³/mol. The van der Waals surface area contributed by atoms with Crippen LogP contribution in [0.2, 0.25) is 5.15 Å². The molecule has 1 unspecified atom stereocenters. The molecule has 2 heterocycles. The second-order valence-corrected chi connectivity index (χ2v) is 9.90. The zero-order chi connectivity index (χ0) is 23.9. The molecule has 174 valence electrons. The third-order valence-electron chi connectivity index (χ3n) is 6.05. The smallest absolute Gasteiger partial charge is 0.314 e. The van der Waals surface area contributed by atoms with Gasteiger partial charge in [-0.1, -0.05) is 29.5 Å². The molecule has 8 nitrogen and oxygen atoms in total. The lowest BCUT2D eigenvalue weighted by molar-refractivity contribution is -0.140. The number of ether oxygens (including phenoxy) is 1. The van der Waals surface area contributed by atoms with E-state index in [2.05, 4.69) is 32.7 Å². The Bertz CT molecular complexity index is 1280. The van der Waals surface area contributed by atoms with Crippen molar-refractivity contribution in [1.29, 1.82) is 0 Å². The Labute approximate surface area is 205 Å². The Balaban J connectivity index is 1.47. The van der Waals surface area contributed by atoms with E-state index >= 15 is 0 Å². The van der Waals surface area contributed by atoms with Crippen LogP contribution in [0.25, 0.3) is 11.1 Å². The SMILES string of the molecule is COc1cnc(Cl)cc1-c1cc(C2(C(=O)O)CC2)ccc1C(=O)NC1=NNC(C#CC2CC2)S1. The summed E-state index contributed by atoms with van der Waals surface area (Å²) < 4.78 is 5.45. The number of aliphatic carboxylic acids is 1. The Morgan fingerprint density at radius 3 is 2.74 bits per heavy atom. The van der Waals surface area contributed by atoms with Gasteiger partial charge in [0.05, 0.1) is 18.7 Å². The summed E-state index contributed by atoms with van der Waals surface area (Å²) in [7, 11) is 1.50. The fraction of sp³-hybridized carbons (Fsp3) is 0.333. The molecule has 2 aromatic rings. The number of thioether (sulfide) groups is 1. The summed E-state index contributed by atoms with van der Waals surface area (Å²) in [6.07, 6.45) is 4.84. The number of carboxylic acids is 1. The lowest BCUT2D eigenvalue weighted by atomic mass is 9.89. The van der Waals surface area contributed by atoms with Gasteiger partial charge in [0.2, 0.25) is 0 Å². The molecular formula is C24H21ClN4O4S. The maximum Gasteiger partial charge on any atom is 0.314 e. The van der Waals surface area contributed by atoms with E-state index in [4.69, 9.17) is 16.3 Å². The lowest BCUT2D eigenvalue weighted by Crippen LogP contribution is -2.28. The largest absolute Gasteiger partial charge is 0.494 e. The van der Waals surface area contributed by atoms with Gasteiger partial charge in [0.1, 0.15) is 10.9 Å². The average molecular weight is 497 g/mol. The van der Waals surface area contributed by atoms with Crippen molar-refractivity contribution in [2.24, 2.45) is 11.0 Å². The number of hydrogen-bond acceptors (Lipinski definition) is 7. The summed E-state index contributed by atoms with van der Waals surface area (Å²) in [6, 6.07) is 6.66. The fourth-order valence-electron chi connectivity index (χ4n) is 3.79. The minimum absolute atomic E-state index is 0.206. The molecule has 1 aromatic carbocycles. The minimum Gasteiger partial charge on any atom is -0.494 e. The number of amidine groups is 1. The molecule has 1 amide bonds. The van der Waals surface area contributed by atoms with Gasteiger partial charge in [0.15, 0.2) is 10.5 Å². The number of carbonyl (C=O) groups is 2. The van der Waals surface area contributed by atoms with Crippen molar-refractivity contribution in [2.75, 3.05) is 7.11 Å². The fourth-order valence-corrected chi connectivity index (χ4v) is 4.66. The van der Waals surface area contributed by atoms with E-state index in [1.807, 2.05) is 0 Å². The molecule has 34 heavy (non-hydrogen) atoms. The standard InChI is InChI=1S/C24H21ClN4O4S/c1-33-18-12-26-19(25)11-17(18)16-10-14(24(8-9-24)22(31)32)5-6-15(16)21(30)27-23-29-28-20(34-23)7-4-13-2-3-13/h5-6,10-13,20,28H,2-3,8-9H2,1H3,(H,31,32)(H,27,29,30). The molecule has 0 bridgehead atoms. The quantitative estimate of drug-likeness (QED) is 0.428. The number of rotatable bonds is 5. The van der Waals surface area contributed by atoms with Crippen molar-refractivity contribution in [3.63, 3.8) is 0 Å². The summed E-state index contributed by atoms with van der Waals surface area (Å²) in [6.45, 7) is 0. The number of nitrogens with one attached hydrogen (secondary N) is 2. The Kier molecular flexibility index (Phi) is 5.88. The number of pyridine rings is 1. The Morgan fingerprint density at radius 1 is 1.26 bits per heavy atom. The van der Waals surface area contributed by atoms with Crippen LogP contribution in [0.5, 0.6) is 5.75 Å². The number of carboxylic acid groups (broad SMARTS) is 1. The second kappa shape index (κ2) is 8.85. The van der Waals surface area contributed by atoms with Crippen molar-refractivity contribution >= 4 is 40.4 Å². The van der Waals surface area contributed by atoms with Gasteiger partial charge in [0.25, 0.3) is 5.91 Å². The molecule has 3 aliphatic rings. The summed E-state index contributed by atoms with van der Waals surface area (Å²) in [5.41, 5.74) is 4.00. The maximum absolute atomic E-state index is 13.3. The number of halogens is 1. The molecule has 1 aromatic heterocycles. The number of aromatic nitrogens is 1. The van der Waals surface area contributed by atoms with Gasteiger partial charge in [-0.25, -0.2) is 4.98 Å². The topological polar surface area (TPSA) is 113 Å². The van der Waals surface area contributed by atoms with Crippen molar-refractivity contribution in [3.05, 3.63) is 46.7 Å². The van der Waals surface area contributed by atoms with Crippen LogP contribution in [-0.2, 0) is 10.2 Å². The third-order valence-corrected chi connectivity index (χ3v) is 7.13. The molecule has 1 atom stereocenters. The number of hydrogen-bond donors (Lipinski definition) is 3. The number of hydrazone groups is 1. The van der Waals surface area contributed by atoms with Crippen LogP contribution in [0.1, 0.15) is 41.6 Å². The van der Waals surface area contributed by atoms with Crippen LogP contribution in [0.4, 0.5) is 0 Å². The number of carbonyl (C=O) groups excluding carboxylic acids is 1. The van der Waals surface area contributed by atoms with Gasteiger partial charge in [-0.3, -0.25) is 20.3 Å². The highest BCUT2D eigenvalue weighted by molar-refractivity contribution is 8.14. The molecule has 5 rings (SSSR count). The van der Waals surface area contributed by atoms with Crippen molar-refractivity contribution in [1.82, 2.24) is 15.7 Å². The van der Waals surface area contributed by atoms with E-state index in [-0.39, 0.29) is 16.4 Å². The molecule has 2 fully saturated rings. The van der Waals surface area contributed by atoms with E-state index in [9.17, 15) is 14.7 Å². The summed E-state index contributed by atoms with van der Waals surface area (Å²) in [5.74, 6) is 5.94. The van der Waals surface area contributed by atoms with Gasteiger partial charge in [0, 0.05) is 17.0 Å². The van der Waals surface area contributed by atoms with E-state index in [0.717, 1.165) is 12.8 Å². The number of methoxy groups -OCH3 is 1. The van der Waals surface area contributed by atoms with Gasteiger partial charge in [-0.05, 0) is 66.8 Å². The van der Waals surface area contributed by atoms with Crippen LogP contribution < -0.4 is 15.5 Å². The molecular weight excluding hydrogens is 476 g/mol. The highest BCUT2D eigenvalue weighted by Crippen LogP contribution is 2.50. The first kappa shape index (κ1) is 22.6. The first-order chi connectivity index (χ1) is 16.4. The summed E-state index contributed by atoms with van der Waals surface area (Å²) in [5, 5.41) is 17.2. The molecule has 1 aliphatic heterocycles. The van der Waals surface area contributed by atoms with E-state index in [0.29, 0.717) is 51.9 Å². The highest BCUT2D eigenvalue weighted by atomic mass is 35.5. The first-order valence-electron chi connectivity index (χ1n) is 10.8. The molecule has 2 saturated carbocycles. The molecule has 3 N–H and O–H groups in total. The Hall–Kier alpha value is -3.22.